The number of pyridine rings is 1. The highest BCUT2D eigenvalue weighted by Crippen LogP contribution is 2.20. The Labute approximate surface area is 110 Å². The van der Waals surface area contributed by atoms with Crippen LogP contribution in [0.5, 0.6) is 5.88 Å². The maximum Gasteiger partial charge on any atom is 0.330 e. The molecule has 0 saturated carbocycles. The van der Waals surface area contributed by atoms with E-state index in [0.717, 1.165) is 5.69 Å². The summed E-state index contributed by atoms with van der Waals surface area (Å²) in [5.74, 6) is -0.511. The van der Waals surface area contributed by atoms with Gasteiger partial charge in [0, 0.05) is 23.5 Å². The third-order valence-corrected chi connectivity index (χ3v) is 2.63. The Balaban J connectivity index is 2.22. The van der Waals surface area contributed by atoms with E-state index < -0.39 is 12.0 Å². The van der Waals surface area contributed by atoms with Crippen LogP contribution in [0.1, 0.15) is 11.6 Å². The molecule has 2 aromatic rings. The minimum absolute atomic E-state index is 0.451. The average Bonchev–Trinajstić information content (AvgIpc) is 2.46. The van der Waals surface area contributed by atoms with E-state index in [2.05, 4.69) is 10.3 Å². The van der Waals surface area contributed by atoms with E-state index in [1.54, 1.807) is 12.1 Å². The van der Waals surface area contributed by atoms with E-state index in [0.29, 0.717) is 11.4 Å². The van der Waals surface area contributed by atoms with Gasteiger partial charge >= 0.3 is 5.97 Å². The fourth-order valence-electron chi connectivity index (χ4n) is 1.67. The van der Waals surface area contributed by atoms with E-state index >= 15 is 0 Å². The maximum absolute atomic E-state index is 11.3. The molecule has 0 spiro atoms. The summed E-state index contributed by atoms with van der Waals surface area (Å²) < 4.78 is 4.95. The van der Waals surface area contributed by atoms with Gasteiger partial charge in [-0.1, -0.05) is 18.2 Å². The van der Waals surface area contributed by atoms with Crippen molar-refractivity contribution in [3.63, 3.8) is 0 Å². The molecule has 5 heteroatoms. The standard InChI is InChI=1S/C14H14N2O3/c1-19-12-8-7-10(9-15-12)13(14(17)18)16-11-5-3-2-4-6-11/h2-9,13,16H,1H3,(H,17,18). The number of benzene rings is 1. The fraction of sp³-hybridized carbons (Fsp3) is 0.143. The summed E-state index contributed by atoms with van der Waals surface area (Å²) in [4.78, 5) is 15.4. The lowest BCUT2D eigenvalue weighted by atomic mass is 10.1. The van der Waals surface area contributed by atoms with E-state index in [-0.39, 0.29) is 0 Å². The normalized spacial score (nSPS) is 11.6. The topological polar surface area (TPSA) is 71.5 Å². The zero-order valence-electron chi connectivity index (χ0n) is 10.4. The molecule has 1 atom stereocenters. The molecule has 1 unspecified atom stereocenters. The third kappa shape index (κ3) is 3.22. The van der Waals surface area contributed by atoms with E-state index in [1.807, 2.05) is 30.3 Å². The van der Waals surface area contributed by atoms with Crippen molar-refractivity contribution in [3.8, 4) is 5.88 Å². The van der Waals surface area contributed by atoms with Crippen LogP contribution in [0, 0.1) is 0 Å². The van der Waals surface area contributed by atoms with Crippen molar-refractivity contribution in [2.45, 2.75) is 6.04 Å². The van der Waals surface area contributed by atoms with Crippen LogP contribution in [0.3, 0.4) is 0 Å². The van der Waals surface area contributed by atoms with Crippen molar-refractivity contribution in [2.75, 3.05) is 12.4 Å². The number of aliphatic carboxylic acids is 1. The molecule has 0 radical (unpaired) electrons. The van der Waals surface area contributed by atoms with Gasteiger partial charge in [0.2, 0.25) is 5.88 Å². The molecule has 1 aromatic heterocycles. The second-order valence-electron chi connectivity index (χ2n) is 3.92. The second-order valence-corrected chi connectivity index (χ2v) is 3.92. The molecule has 2 rings (SSSR count). The monoisotopic (exact) mass is 258 g/mol. The largest absolute Gasteiger partial charge is 0.481 e. The van der Waals surface area contributed by atoms with Gasteiger partial charge in [-0.2, -0.15) is 0 Å². The van der Waals surface area contributed by atoms with Crippen LogP contribution >= 0.6 is 0 Å². The minimum Gasteiger partial charge on any atom is -0.481 e. The highest BCUT2D eigenvalue weighted by molar-refractivity contribution is 5.79. The number of anilines is 1. The van der Waals surface area contributed by atoms with Crippen LogP contribution in [0.15, 0.2) is 48.7 Å². The number of nitrogens with one attached hydrogen (secondary N) is 1. The van der Waals surface area contributed by atoms with Crippen molar-refractivity contribution >= 4 is 11.7 Å². The number of carbonyl (C=O) groups is 1. The van der Waals surface area contributed by atoms with E-state index in [4.69, 9.17) is 4.74 Å². The van der Waals surface area contributed by atoms with Gasteiger partial charge in [-0.3, -0.25) is 0 Å². The Morgan fingerprint density at radius 1 is 1.26 bits per heavy atom. The highest BCUT2D eigenvalue weighted by Gasteiger charge is 2.19. The maximum atomic E-state index is 11.3. The first kappa shape index (κ1) is 12.9. The number of hydrogen-bond donors (Lipinski definition) is 2. The molecular weight excluding hydrogens is 244 g/mol. The molecule has 2 N–H and O–H groups in total. The van der Waals surface area contributed by atoms with Crippen molar-refractivity contribution < 1.29 is 14.6 Å². The number of methoxy groups -OCH3 is 1. The molecule has 19 heavy (non-hydrogen) atoms. The van der Waals surface area contributed by atoms with Crippen LogP contribution in [-0.4, -0.2) is 23.2 Å². The molecule has 1 aromatic carbocycles. The molecule has 0 saturated heterocycles. The van der Waals surface area contributed by atoms with Crippen LogP contribution < -0.4 is 10.1 Å². The zero-order chi connectivity index (χ0) is 13.7. The SMILES string of the molecule is COc1ccc(C(Nc2ccccc2)C(=O)O)cn1. The highest BCUT2D eigenvalue weighted by atomic mass is 16.5. The van der Waals surface area contributed by atoms with Crippen LogP contribution in [0.4, 0.5) is 5.69 Å². The quantitative estimate of drug-likeness (QED) is 0.861. The smallest absolute Gasteiger partial charge is 0.330 e. The van der Waals surface area contributed by atoms with Crippen molar-refractivity contribution in [3.05, 3.63) is 54.2 Å². The summed E-state index contributed by atoms with van der Waals surface area (Å²) in [7, 11) is 1.51. The van der Waals surface area contributed by atoms with Crippen LogP contribution in [0.2, 0.25) is 0 Å². The number of carboxylic acid groups (broad SMARTS) is 1. The summed E-state index contributed by atoms with van der Waals surface area (Å²) in [6.45, 7) is 0. The lowest BCUT2D eigenvalue weighted by molar-refractivity contribution is -0.138. The Bertz CT molecular complexity index is 540. The van der Waals surface area contributed by atoms with E-state index in [9.17, 15) is 9.90 Å². The van der Waals surface area contributed by atoms with Crippen LogP contribution in [-0.2, 0) is 4.79 Å². The molecule has 0 fully saturated rings. The van der Waals surface area contributed by atoms with Gasteiger partial charge in [-0.05, 0) is 18.2 Å². The molecular formula is C14H14N2O3. The Hall–Kier alpha value is -2.56. The second kappa shape index (κ2) is 5.86. The molecule has 98 valence electrons. The summed E-state index contributed by atoms with van der Waals surface area (Å²) in [5, 5.41) is 12.2. The summed E-state index contributed by atoms with van der Waals surface area (Å²) >= 11 is 0. The molecule has 0 aliphatic carbocycles. The number of hydrogen-bond acceptors (Lipinski definition) is 4. The molecule has 5 nitrogen and oxygen atoms in total. The minimum atomic E-state index is -0.962. The van der Waals surface area contributed by atoms with Crippen LogP contribution in [0.25, 0.3) is 0 Å². The number of aromatic nitrogens is 1. The number of nitrogens with zero attached hydrogens (tertiary/aromatic N) is 1. The Morgan fingerprint density at radius 3 is 2.53 bits per heavy atom. The Morgan fingerprint density at radius 2 is 2.00 bits per heavy atom. The number of rotatable bonds is 5. The summed E-state index contributed by atoms with van der Waals surface area (Å²) in [6.07, 6.45) is 1.49. The van der Waals surface area contributed by atoms with Gasteiger partial charge in [0.15, 0.2) is 6.04 Å². The predicted octanol–water partition coefficient (Wildman–Crippen LogP) is 2.33. The van der Waals surface area contributed by atoms with Gasteiger partial charge in [0.1, 0.15) is 0 Å². The predicted molar refractivity (Wildman–Crippen MR) is 71.2 cm³/mol. The molecule has 0 aliphatic heterocycles. The third-order valence-electron chi connectivity index (χ3n) is 2.63. The van der Waals surface area contributed by atoms with Crippen molar-refractivity contribution in [1.29, 1.82) is 0 Å². The molecule has 1 heterocycles. The summed E-state index contributed by atoms with van der Waals surface area (Å²) in [6, 6.07) is 11.6. The van der Waals surface area contributed by atoms with Gasteiger partial charge in [-0.15, -0.1) is 0 Å². The van der Waals surface area contributed by atoms with Gasteiger partial charge < -0.3 is 15.2 Å². The lowest BCUT2D eigenvalue weighted by Gasteiger charge is -2.16. The molecule has 0 aliphatic rings. The Kier molecular flexibility index (Phi) is 3.97. The van der Waals surface area contributed by atoms with Gasteiger partial charge in [-0.25, -0.2) is 9.78 Å². The lowest BCUT2D eigenvalue weighted by Crippen LogP contribution is -2.20. The van der Waals surface area contributed by atoms with Crippen molar-refractivity contribution in [1.82, 2.24) is 4.98 Å². The zero-order valence-corrected chi connectivity index (χ0v) is 10.4. The first-order valence-corrected chi connectivity index (χ1v) is 5.75. The average molecular weight is 258 g/mol. The fourth-order valence-corrected chi connectivity index (χ4v) is 1.67. The number of carboxylic acids is 1. The van der Waals surface area contributed by atoms with Gasteiger partial charge in [0.25, 0.3) is 0 Å². The molecule has 0 amide bonds. The molecule has 0 bridgehead atoms. The van der Waals surface area contributed by atoms with Gasteiger partial charge in [0.05, 0.1) is 7.11 Å². The van der Waals surface area contributed by atoms with Crippen molar-refractivity contribution in [2.24, 2.45) is 0 Å². The first-order valence-electron chi connectivity index (χ1n) is 5.75. The number of para-hydroxylation sites is 1. The number of ether oxygens (including phenoxy) is 1. The summed E-state index contributed by atoms with van der Waals surface area (Å²) in [5.41, 5.74) is 1.31. The van der Waals surface area contributed by atoms with E-state index in [1.165, 1.54) is 13.3 Å². The first-order chi connectivity index (χ1) is 9.20.